The molecule has 1 heterocycles. The molecule has 0 N–H and O–H groups in total. The van der Waals surface area contributed by atoms with Crippen LogP contribution in [0, 0.1) is 0 Å². The molecule has 0 fully saturated rings. The van der Waals surface area contributed by atoms with Gasteiger partial charge in [-0.05, 0) is 31.2 Å². The van der Waals surface area contributed by atoms with Gasteiger partial charge in [0.1, 0.15) is 17.6 Å². The molecule has 2 aromatic rings. The van der Waals surface area contributed by atoms with Crippen LogP contribution in [0.1, 0.15) is 12.5 Å². The highest BCUT2D eigenvalue weighted by Crippen LogP contribution is 2.32. The summed E-state index contributed by atoms with van der Waals surface area (Å²) in [5, 5.41) is 0. The van der Waals surface area contributed by atoms with Crippen LogP contribution in [0.4, 0.5) is 5.69 Å². The number of ether oxygens (including phenoxy) is 2. The van der Waals surface area contributed by atoms with Gasteiger partial charge in [0, 0.05) is 25.2 Å². The zero-order valence-corrected chi connectivity index (χ0v) is 16.1. The quantitative estimate of drug-likeness (QED) is 0.735. The molecule has 0 unspecified atom stereocenters. The number of nitrogens with zero attached hydrogens (tertiary/aromatic N) is 2. The first-order chi connectivity index (χ1) is 13.1. The van der Waals surface area contributed by atoms with Gasteiger partial charge in [0.05, 0.1) is 25.9 Å². The Morgan fingerprint density at radius 3 is 2.78 bits per heavy atom. The minimum atomic E-state index is -0.0635. The number of hydrogen-bond donors (Lipinski definition) is 0. The van der Waals surface area contributed by atoms with Crippen molar-refractivity contribution in [3.8, 4) is 11.5 Å². The Morgan fingerprint density at radius 1 is 1.26 bits per heavy atom. The summed E-state index contributed by atoms with van der Waals surface area (Å²) in [6.45, 7) is 4.33. The van der Waals surface area contributed by atoms with Gasteiger partial charge in [-0.15, -0.1) is 0 Å². The number of anilines is 1. The van der Waals surface area contributed by atoms with Crippen molar-refractivity contribution in [2.24, 2.45) is 0 Å². The Morgan fingerprint density at radius 2 is 2.00 bits per heavy atom. The van der Waals surface area contributed by atoms with Crippen LogP contribution < -0.4 is 14.4 Å². The number of hydrogen-bond acceptors (Lipinski definition) is 4. The highest BCUT2D eigenvalue weighted by Gasteiger charge is 2.26. The van der Waals surface area contributed by atoms with Crippen molar-refractivity contribution < 1.29 is 14.3 Å². The summed E-state index contributed by atoms with van der Waals surface area (Å²) in [5.74, 6) is 1.56. The van der Waals surface area contributed by atoms with Gasteiger partial charge < -0.3 is 19.3 Å². The van der Waals surface area contributed by atoms with E-state index in [-0.39, 0.29) is 12.0 Å². The molecule has 0 radical (unpaired) electrons. The Hall–Kier alpha value is -2.95. The lowest BCUT2D eigenvalue weighted by Crippen LogP contribution is -2.46. The number of carbonyl (C=O) groups is 1. The molecular formula is C22H26N2O3. The first kappa shape index (κ1) is 18.8. The fraction of sp³-hybridized carbons (Fsp3) is 0.318. The maximum Gasteiger partial charge on any atom is 0.246 e. The lowest BCUT2D eigenvalue weighted by atomic mass is 10.1. The molecule has 1 aliphatic rings. The number of likely N-dealkylation sites (N-methyl/N-ethyl adjacent to an activating group) is 2. The van der Waals surface area contributed by atoms with Gasteiger partial charge in [0.25, 0.3) is 0 Å². The molecule has 142 valence electrons. The predicted molar refractivity (Wildman–Crippen MR) is 108 cm³/mol. The summed E-state index contributed by atoms with van der Waals surface area (Å²) >= 11 is 0. The van der Waals surface area contributed by atoms with Crippen molar-refractivity contribution in [1.29, 1.82) is 0 Å². The summed E-state index contributed by atoms with van der Waals surface area (Å²) < 4.78 is 11.4. The summed E-state index contributed by atoms with van der Waals surface area (Å²) in [4.78, 5) is 16.5. The van der Waals surface area contributed by atoms with Gasteiger partial charge in [-0.25, -0.2) is 0 Å². The lowest BCUT2D eigenvalue weighted by molar-refractivity contribution is -0.125. The van der Waals surface area contributed by atoms with E-state index >= 15 is 0 Å². The van der Waals surface area contributed by atoms with E-state index in [0.29, 0.717) is 6.54 Å². The Labute approximate surface area is 160 Å². The molecule has 1 amide bonds. The average molecular weight is 366 g/mol. The zero-order chi connectivity index (χ0) is 19.2. The zero-order valence-electron chi connectivity index (χ0n) is 16.1. The van der Waals surface area contributed by atoms with Gasteiger partial charge in [-0.3, -0.25) is 4.79 Å². The highest BCUT2D eigenvalue weighted by molar-refractivity contribution is 5.92. The minimum Gasteiger partial charge on any atom is -0.496 e. The van der Waals surface area contributed by atoms with E-state index in [9.17, 15) is 4.79 Å². The monoisotopic (exact) mass is 366 g/mol. The predicted octanol–water partition coefficient (Wildman–Crippen LogP) is 3.45. The topological polar surface area (TPSA) is 42.0 Å². The smallest absolute Gasteiger partial charge is 0.246 e. The van der Waals surface area contributed by atoms with Gasteiger partial charge in [0.2, 0.25) is 5.91 Å². The molecule has 0 aliphatic carbocycles. The molecule has 0 bridgehead atoms. The molecule has 0 aromatic heterocycles. The third-order valence-electron chi connectivity index (χ3n) is 4.70. The normalized spacial score (nSPS) is 16.0. The second-order valence-corrected chi connectivity index (χ2v) is 6.54. The van der Waals surface area contributed by atoms with Crippen LogP contribution in [0.2, 0.25) is 0 Å². The number of benzene rings is 2. The molecule has 27 heavy (non-hydrogen) atoms. The summed E-state index contributed by atoms with van der Waals surface area (Å²) in [6.07, 6.45) is 3.30. The van der Waals surface area contributed by atoms with E-state index < -0.39 is 0 Å². The van der Waals surface area contributed by atoms with E-state index in [0.717, 1.165) is 35.8 Å². The Bertz CT molecular complexity index is 819. The summed E-state index contributed by atoms with van der Waals surface area (Å²) in [5.41, 5.74) is 1.99. The van der Waals surface area contributed by atoms with Crippen molar-refractivity contribution in [2.75, 3.05) is 38.7 Å². The molecule has 5 nitrogen and oxygen atoms in total. The van der Waals surface area contributed by atoms with E-state index in [1.807, 2.05) is 42.5 Å². The van der Waals surface area contributed by atoms with Crippen molar-refractivity contribution in [1.82, 2.24) is 4.90 Å². The Balaban J connectivity index is 1.64. The first-order valence-corrected chi connectivity index (χ1v) is 9.19. The number of methoxy groups -OCH3 is 1. The molecule has 2 aromatic carbocycles. The van der Waals surface area contributed by atoms with Crippen LogP contribution in [0.5, 0.6) is 11.5 Å². The molecular weight excluding hydrogens is 340 g/mol. The molecule has 1 atom stereocenters. The molecule has 5 heteroatoms. The molecule has 0 spiro atoms. The molecule has 0 saturated heterocycles. The van der Waals surface area contributed by atoms with Crippen molar-refractivity contribution in [3.05, 3.63) is 60.2 Å². The minimum absolute atomic E-state index is 0.0616. The SMILES string of the molecule is CCN1C[C@H](CN(C)C(=O)/C=C/c2ccccc2OC)Oc2ccccc21. The van der Waals surface area contributed by atoms with E-state index in [1.165, 1.54) is 0 Å². The van der Waals surface area contributed by atoms with Gasteiger partial charge in [-0.2, -0.15) is 0 Å². The number of para-hydroxylation sites is 3. The molecule has 3 rings (SSSR count). The third-order valence-corrected chi connectivity index (χ3v) is 4.70. The van der Waals surface area contributed by atoms with E-state index in [4.69, 9.17) is 9.47 Å². The van der Waals surface area contributed by atoms with Gasteiger partial charge in [0.15, 0.2) is 0 Å². The van der Waals surface area contributed by atoms with Crippen molar-refractivity contribution in [3.63, 3.8) is 0 Å². The van der Waals surface area contributed by atoms with Crippen LogP contribution >= 0.6 is 0 Å². The first-order valence-electron chi connectivity index (χ1n) is 9.19. The lowest BCUT2D eigenvalue weighted by Gasteiger charge is -2.37. The van der Waals surface area contributed by atoms with Crippen LogP contribution in [0.3, 0.4) is 0 Å². The second kappa shape index (κ2) is 8.62. The third kappa shape index (κ3) is 4.42. The van der Waals surface area contributed by atoms with Crippen LogP contribution in [0.15, 0.2) is 54.6 Å². The van der Waals surface area contributed by atoms with E-state index in [1.54, 1.807) is 31.2 Å². The molecule has 1 aliphatic heterocycles. The van der Waals surface area contributed by atoms with Gasteiger partial charge in [-0.1, -0.05) is 30.3 Å². The van der Waals surface area contributed by atoms with Crippen LogP contribution in [-0.4, -0.2) is 50.7 Å². The number of rotatable bonds is 6. The van der Waals surface area contributed by atoms with Crippen LogP contribution in [0.25, 0.3) is 6.08 Å². The van der Waals surface area contributed by atoms with Crippen molar-refractivity contribution >= 4 is 17.7 Å². The largest absolute Gasteiger partial charge is 0.496 e. The summed E-state index contributed by atoms with van der Waals surface area (Å²) in [7, 11) is 3.42. The summed E-state index contributed by atoms with van der Waals surface area (Å²) in [6, 6.07) is 15.7. The number of fused-ring (bicyclic) bond motifs is 1. The average Bonchev–Trinajstić information content (AvgIpc) is 2.71. The standard InChI is InChI=1S/C22H26N2O3/c1-4-24-16-18(27-21-12-8-6-10-19(21)24)15-23(2)22(25)14-13-17-9-5-7-11-20(17)26-3/h5-14,18H,4,15-16H2,1-3H3/b14-13+/t18-/m0/s1. The number of amides is 1. The van der Waals surface area contributed by atoms with Crippen LogP contribution in [-0.2, 0) is 4.79 Å². The second-order valence-electron chi connectivity index (χ2n) is 6.54. The van der Waals surface area contributed by atoms with Gasteiger partial charge >= 0.3 is 0 Å². The maximum absolute atomic E-state index is 12.5. The number of carbonyl (C=O) groups excluding carboxylic acids is 1. The highest BCUT2D eigenvalue weighted by atomic mass is 16.5. The maximum atomic E-state index is 12.5. The Kier molecular flexibility index (Phi) is 6.01. The fourth-order valence-corrected chi connectivity index (χ4v) is 3.26. The van der Waals surface area contributed by atoms with Crippen molar-refractivity contribution in [2.45, 2.75) is 13.0 Å². The molecule has 0 saturated carbocycles. The van der Waals surface area contributed by atoms with E-state index in [2.05, 4.69) is 17.9 Å². The fourth-order valence-electron chi connectivity index (χ4n) is 3.26.